The highest BCUT2D eigenvalue weighted by atomic mass is 19.1. The first-order valence-corrected chi connectivity index (χ1v) is 8.06. The number of carbonyl (C=O) groups is 1. The molecule has 132 valence electrons. The Labute approximate surface area is 148 Å². The first-order chi connectivity index (χ1) is 12.4. The molecular formula is C18H16FN5O2. The summed E-state index contributed by atoms with van der Waals surface area (Å²) in [5.41, 5.74) is 0.741. The summed E-state index contributed by atoms with van der Waals surface area (Å²) in [6, 6.07) is 6.32. The van der Waals surface area contributed by atoms with Crippen LogP contribution in [0.3, 0.4) is 0 Å². The van der Waals surface area contributed by atoms with Crippen molar-refractivity contribution in [1.29, 1.82) is 0 Å². The minimum Gasteiger partial charge on any atom is -0.504 e. The molecule has 8 heteroatoms. The fourth-order valence-corrected chi connectivity index (χ4v) is 2.87. The van der Waals surface area contributed by atoms with Crippen LogP contribution in [0.1, 0.15) is 30.7 Å². The van der Waals surface area contributed by atoms with Gasteiger partial charge in [-0.2, -0.15) is 10.1 Å². The molecule has 0 unspecified atom stereocenters. The van der Waals surface area contributed by atoms with Crippen LogP contribution in [0.4, 0.5) is 10.2 Å². The van der Waals surface area contributed by atoms with Gasteiger partial charge in [-0.1, -0.05) is 18.2 Å². The van der Waals surface area contributed by atoms with Crippen molar-refractivity contribution in [3.05, 3.63) is 59.3 Å². The van der Waals surface area contributed by atoms with Gasteiger partial charge in [-0.05, 0) is 25.5 Å². The first-order valence-electron chi connectivity index (χ1n) is 8.06. The van der Waals surface area contributed by atoms with Gasteiger partial charge in [-0.25, -0.2) is 14.1 Å². The Kier molecular flexibility index (Phi) is 3.50. The van der Waals surface area contributed by atoms with Crippen LogP contribution in [0, 0.1) is 5.82 Å². The van der Waals surface area contributed by atoms with Crippen LogP contribution in [0.2, 0.25) is 0 Å². The van der Waals surface area contributed by atoms with E-state index in [2.05, 4.69) is 20.4 Å². The van der Waals surface area contributed by atoms with Gasteiger partial charge in [0.15, 0.2) is 5.75 Å². The SMILES string of the molecule is CC1(C)C(=O)Nc2nc(-n3cc(O)c(Cc4ccccc4F)n3)ncc21. The highest BCUT2D eigenvalue weighted by Gasteiger charge is 2.40. The second kappa shape index (κ2) is 5.62. The van der Waals surface area contributed by atoms with Gasteiger partial charge in [-0.15, -0.1) is 0 Å². The number of halogens is 1. The number of benzene rings is 1. The summed E-state index contributed by atoms with van der Waals surface area (Å²) in [4.78, 5) is 20.6. The molecule has 26 heavy (non-hydrogen) atoms. The predicted molar refractivity (Wildman–Crippen MR) is 91.7 cm³/mol. The van der Waals surface area contributed by atoms with Crippen LogP contribution in [0.15, 0.2) is 36.7 Å². The number of aromatic nitrogens is 4. The summed E-state index contributed by atoms with van der Waals surface area (Å²) in [6.07, 6.45) is 3.07. The van der Waals surface area contributed by atoms with Crippen LogP contribution < -0.4 is 5.32 Å². The molecule has 2 aromatic heterocycles. The molecule has 3 aromatic rings. The molecule has 0 saturated carbocycles. The van der Waals surface area contributed by atoms with E-state index >= 15 is 0 Å². The second-order valence-corrected chi connectivity index (χ2v) is 6.69. The highest BCUT2D eigenvalue weighted by Crippen LogP contribution is 2.35. The summed E-state index contributed by atoms with van der Waals surface area (Å²) < 4.78 is 15.1. The number of hydrogen-bond acceptors (Lipinski definition) is 5. The van der Waals surface area contributed by atoms with E-state index in [1.807, 2.05) is 0 Å². The molecule has 0 fully saturated rings. The smallest absolute Gasteiger partial charge is 0.252 e. The van der Waals surface area contributed by atoms with Crippen LogP contribution >= 0.6 is 0 Å². The largest absolute Gasteiger partial charge is 0.504 e. The second-order valence-electron chi connectivity index (χ2n) is 6.69. The predicted octanol–water partition coefficient (Wildman–Crippen LogP) is 2.33. The minimum absolute atomic E-state index is 0.0817. The molecule has 0 saturated heterocycles. The van der Waals surface area contributed by atoms with Crippen LogP contribution in [-0.4, -0.2) is 30.8 Å². The quantitative estimate of drug-likeness (QED) is 0.754. The van der Waals surface area contributed by atoms with Crippen molar-refractivity contribution in [3.8, 4) is 11.7 Å². The fourth-order valence-electron chi connectivity index (χ4n) is 2.87. The lowest BCUT2D eigenvalue weighted by molar-refractivity contribution is -0.119. The number of anilines is 1. The Balaban J connectivity index is 1.67. The van der Waals surface area contributed by atoms with Gasteiger partial charge in [0.25, 0.3) is 5.95 Å². The standard InChI is InChI=1S/C18H16FN5O2/c1-18(2)11-8-20-17(22-15(11)21-16(18)26)24-9-14(25)13(23-24)7-10-5-3-4-6-12(10)19/h3-6,8-9,25H,7H2,1-2H3,(H,20,21,22,26). The van der Waals surface area contributed by atoms with E-state index in [9.17, 15) is 14.3 Å². The lowest BCUT2D eigenvalue weighted by Crippen LogP contribution is -2.26. The van der Waals surface area contributed by atoms with Crippen molar-refractivity contribution in [2.24, 2.45) is 0 Å². The number of nitrogens with one attached hydrogen (secondary N) is 1. The van der Waals surface area contributed by atoms with Crippen LogP contribution in [0.25, 0.3) is 5.95 Å². The molecule has 1 amide bonds. The zero-order chi connectivity index (χ0) is 18.5. The molecule has 3 heterocycles. The molecular weight excluding hydrogens is 337 g/mol. The molecule has 0 spiro atoms. The van der Waals surface area contributed by atoms with E-state index in [4.69, 9.17) is 0 Å². The average Bonchev–Trinajstić information content (AvgIpc) is 3.07. The summed E-state index contributed by atoms with van der Waals surface area (Å²) in [5.74, 6) is 0.0388. The third kappa shape index (κ3) is 2.50. The number of fused-ring (bicyclic) bond motifs is 1. The number of nitrogens with zero attached hydrogens (tertiary/aromatic N) is 4. The summed E-state index contributed by atoms with van der Waals surface area (Å²) in [6.45, 7) is 3.59. The number of amides is 1. The number of aromatic hydroxyl groups is 1. The van der Waals surface area contributed by atoms with Crippen molar-refractivity contribution < 1.29 is 14.3 Å². The Hall–Kier alpha value is -3.29. The van der Waals surface area contributed by atoms with Gasteiger partial charge >= 0.3 is 0 Å². The van der Waals surface area contributed by atoms with Crippen LogP contribution in [-0.2, 0) is 16.6 Å². The molecule has 4 rings (SSSR count). The molecule has 0 bridgehead atoms. The van der Waals surface area contributed by atoms with E-state index in [-0.39, 0.29) is 29.8 Å². The van der Waals surface area contributed by atoms with Gasteiger partial charge in [0.1, 0.15) is 17.3 Å². The molecule has 1 aromatic carbocycles. The van der Waals surface area contributed by atoms with Crippen molar-refractivity contribution in [1.82, 2.24) is 19.7 Å². The number of hydrogen-bond donors (Lipinski definition) is 2. The molecule has 7 nitrogen and oxygen atoms in total. The summed E-state index contributed by atoms with van der Waals surface area (Å²) in [7, 11) is 0. The van der Waals surface area contributed by atoms with Gasteiger partial charge < -0.3 is 10.4 Å². The fraction of sp³-hybridized carbons (Fsp3) is 0.222. The van der Waals surface area contributed by atoms with Gasteiger partial charge in [0, 0.05) is 18.2 Å². The van der Waals surface area contributed by atoms with Crippen molar-refractivity contribution in [3.63, 3.8) is 0 Å². The monoisotopic (exact) mass is 353 g/mol. The molecule has 2 N–H and O–H groups in total. The molecule has 0 atom stereocenters. The first kappa shape index (κ1) is 16.2. The molecule has 1 aliphatic heterocycles. The Bertz CT molecular complexity index is 1030. The highest BCUT2D eigenvalue weighted by molar-refractivity contribution is 6.04. The maximum absolute atomic E-state index is 13.8. The maximum Gasteiger partial charge on any atom is 0.252 e. The van der Waals surface area contributed by atoms with E-state index in [0.29, 0.717) is 22.6 Å². The normalized spacial score (nSPS) is 15.0. The van der Waals surface area contributed by atoms with Crippen LogP contribution in [0.5, 0.6) is 5.75 Å². The average molecular weight is 353 g/mol. The van der Waals surface area contributed by atoms with E-state index in [1.54, 1.807) is 38.2 Å². The summed E-state index contributed by atoms with van der Waals surface area (Å²) >= 11 is 0. The minimum atomic E-state index is -0.698. The van der Waals surface area contributed by atoms with Crippen molar-refractivity contribution in [2.75, 3.05) is 5.32 Å². The maximum atomic E-state index is 13.8. The Morgan fingerprint density at radius 3 is 2.85 bits per heavy atom. The Morgan fingerprint density at radius 2 is 2.08 bits per heavy atom. The topological polar surface area (TPSA) is 92.9 Å². The van der Waals surface area contributed by atoms with E-state index < -0.39 is 5.41 Å². The van der Waals surface area contributed by atoms with E-state index in [1.165, 1.54) is 16.9 Å². The number of carbonyl (C=O) groups excluding carboxylic acids is 1. The van der Waals surface area contributed by atoms with Gasteiger partial charge in [0.2, 0.25) is 5.91 Å². The third-order valence-electron chi connectivity index (χ3n) is 4.54. The van der Waals surface area contributed by atoms with Crippen molar-refractivity contribution >= 4 is 11.7 Å². The molecule has 0 aliphatic carbocycles. The zero-order valence-electron chi connectivity index (χ0n) is 14.2. The third-order valence-corrected chi connectivity index (χ3v) is 4.54. The number of rotatable bonds is 3. The van der Waals surface area contributed by atoms with Crippen molar-refractivity contribution in [2.45, 2.75) is 25.7 Å². The molecule has 0 radical (unpaired) electrons. The van der Waals surface area contributed by atoms with E-state index in [0.717, 1.165) is 0 Å². The molecule has 1 aliphatic rings. The van der Waals surface area contributed by atoms with Gasteiger partial charge in [-0.3, -0.25) is 4.79 Å². The Morgan fingerprint density at radius 1 is 1.31 bits per heavy atom. The zero-order valence-corrected chi connectivity index (χ0v) is 14.2. The lowest BCUT2D eigenvalue weighted by Gasteiger charge is -2.13. The summed E-state index contributed by atoms with van der Waals surface area (Å²) in [5, 5.41) is 17.1. The van der Waals surface area contributed by atoms with Gasteiger partial charge in [0.05, 0.1) is 11.6 Å². The lowest BCUT2D eigenvalue weighted by atomic mass is 9.88.